The van der Waals surface area contributed by atoms with Crippen molar-refractivity contribution in [2.45, 2.75) is 20.8 Å². The number of benzene rings is 3. The number of amides is 1. The Morgan fingerprint density at radius 1 is 0.886 bits per heavy atom. The summed E-state index contributed by atoms with van der Waals surface area (Å²) in [6, 6.07) is 23.6. The number of carbonyl (C=O) groups excluding carboxylic acids is 1. The van der Waals surface area contributed by atoms with E-state index in [0.717, 1.165) is 27.3 Å². The summed E-state index contributed by atoms with van der Waals surface area (Å²) in [7, 11) is 0. The number of thiocarbonyl (C=S) groups is 1. The lowest BCUT2D eigenvalue weighted by Crippen LogP contribution is -2.33. The quantitative estimate of drug-likeness (QED) is 0.256. The zero-order valence-electron chi connectivity index (χ0n) is 19.5. The molecule has 2 N–H and O–H groups in total. The number of rotatable bonds is 4. The van der Waals surface area contributed by atoms with Crippen LogP contribution in [0.5, 0.6) is 0 Å². The third-order valence-corrected chi connectivity index (χ3v) is 7.05. The smallest absolute Gasteiger partial charge is 0.293 e. The van der Waals surface area contributed by atoms with Crippen LogP contribution < -0.4 is 10.6 Å². The van der Waals surface area contributed by atoms with Crippen LogP contribution in [0.15, 0.2) is 77.2 Å². The minimum absolute atomic E-state index is 0.197. The minimum Gasteiger partial charge on any atom is -0.451 e. The summed E-state index contributed by atoms with van der Waals surface area (Å²) in [6.45, 7) is 6.19. The van der Waals surface area contributed by atoms with Crippen LogP contribution in [0, 0.1) is 20.8 Å². The highest BCUT2D eigenvalue weighted by Gasteiger charge is 2.14. The van der Waals surface area contributed by atoms with Crippen LogP contribution in [-0.2, 0) is 0 Å². The average Bonchev–Trinajstić information content (AvgIpc) is 3.49. The molecule has 0 saturated carbocycles. The molecule has 5 aromatic rings. The molecule has 0 atom stereocenters. The van der Waals surface area contributed by atoms with Crippen molar-refractivity contribution in [3.63, 3.8) is 0 Å². The molecule has 0 fully saturated rings. The van der Waals surface area contributed by atoms with E-state index < -0.39 is 5.91 Å². The Morgan fingerprint density at radius 2 is 1.66 bits per heavy atom. The molecule has 1 amide bonds. The fourth-order valence-electron chi connectivity index (χ4n) is 3.69. The second-order valence-electron chi connectivity index (χ2n) is 8.44. The van der Waals surface area contributed by atoms with Gasteiger partial charge in [-0.15, -0.1) is 11.3 Å². The monoisotopic (exact) mass is 497 g/mol. The molecule has 0 radical (unpaired) electrons. The summed E-state index contributed by atoms with van der Waals surface area (Å²) in [5, 5.41) is 6.88. The molecular formula is C28H23N3O2S2. The van der Waals surface area contributed by atoms with Crippen LogP contribution in [0.25, 0.3) is 32.1 Å². The van der Waals surface area contributed by atoms with E-state index in [2.05, 4.69) is 36.6 Å². The number of aromatic nitrogens is 1. The van der Waals surface area contributed by atoms with E-state index in [0.29, 0.717) is 5.76 Å². The van der Waals surface area contributed by atoms with Gasteiger partial charge in [0.25, 0.3) is 5.91 Å². The number of furan rings is 1. The number of carbonyl (C=O) groups is 1. The van der Waals surface area contributed by atoms with Crippen molar-refractivity contribution in [3.05, 3.63) is 95.2 Å². The fraction of sp³-hybridized carbons (Fsp3) is 0.107. The third-order valence-electron chi connectivity index (χ3n) is 5.78. The van der Waals surface area contributed by atoms with Gasteiger partial charge in [-0.05, 0) is 104 Å². The lowest BCUT2D eigenvalue weighted by atomic mass is 10.1. The van der Waals surface area contributed by atoms with Crippen LogP contribution >= 0.6 is 23.6 Å². The van der Waals surface area contributed by atoms with Crippen LogP contribution in [0.3, 0.4) is 0 Å². The van der Waals surface area contributed by atoms with Gasteiger partial charge in [0.05, 0.1) is 10.2 Å². The lowest BCUT2D eigenvalue weighted by molar-refractivity contribution is 0.0951. The molecule has 35 heavy (non-hydrogen) atoms. The predicted octanol–water partition coefficient (Wildman–Crippen LogP) is 7.28. The SMILES string of the molecule is Cc1ccc2nc(-c3ccc(NC(=S)NC(=O)c4ccc(-c5ccc(C)c(C)c5)o4)cc3)sc2c1. The number of hydrogen-bond donors (Lipinski definition) is 2. The van der Waals surface area contributed by atoms with Gasteiger partial charge in [-0.3, -0.25) is 10.1 Å². The number of aryl methyl sites for hydroxylation is 3. The predicted molar refractivity (Wildman–Crippen MR) is 147 cm³/mol. The molecule has 2 aromatic heterocycles. The Bertz CT molecular complexity index is 1570. The number of hydrogen-bond acceptors (Lipinski definition) is 5. The first-order valence-corrected chi connectivity index (χ1v) is 12.4. The topological polar surface area (TPSA) is 67.2 Å². The Balaban J connectivity index is 1.22. The van der Waals surface area contributed by atoms with Crippen molar-refractivity contribution in [1.29, 1.82) is 0 Å². The van der Waals surface area contributed by atoms with Crippen LogP contribution in [-0.4, -0.2) is 16.0 Å². The second kappa shape index (κ2) is 9.44. The molecule has 174 valence electrons. The standard InChI is InChI=1S/C28H23N3O2S2/c1-16-4-11-22-25(14-16)35-27(30-22)19-7-9-21(10-8-19)29-28(34)31-26(32)24-13-12-23(33-24)20-6-5-17(2)18(3)15-20/h4-15H,1-3H3,(H2,29,31,32,34). The molecule has 7 heteroatoms. The van der Waals surface area contributed by atoms with Crippen molar-refractivity contribution in [3.8, 4) is 21.9 Å². The maximum absolute atomic E-state index is 12.6. The first-order valence-electron chi connectivity index (χ1n) is 11.1. The van der Waals surface area contributed by atoms with Crippen molar-refractivity contribution in [2.24, 2.45) is 0 Å². The Hall–Kier alpha value is -3.81. The van der Waals surface area contributed by atoms with Gasteiger partial charge in [-0.1, -0.05) is 18.2 Å². The number of nitrogens with one attached hydrogen (secondary N) is 2. The van der Waals surface area contributed by atoms with Crippen LogP contribution in [0.1, 0.15) is 27.2 Å². The zero-order chi connectivity index (χ0) is 24.5. The molecule has 0 bridgehead atoms. The average molecular weight is 498 g/mol. The van der Waals surface area contributed by atoms with Crippen molar-refractivity contribution < 1.29 is 9.21 Å². The van der Waals surface area contributed by atoms with Gasteiger partial charge in [-0.25, -0.2) is 4.98 Å². The molecular weight excluding hydrogens is 474 g/mol. The number of fused-ring (bicyclic) bond motifs is 1. The number of nitrogens with zero attached hydrogens (tertiary/aromatic N) is 1. The second-order valence-corrected chi connectivity index (χ2v) is 9.88. The minimum atomic E-state index is -0.404. The van der Waals surface area contributed by atoms with Gasteiger partial charge in [0.1, 0.15) is 10.8 Å². The molecule has 3 aromatic carbocycles. The third kappa shape index (κ3) is 5.01. The highest BCUT2D eigenvalue weighted by atomic mass is 32.1. The number of thiazole rings is 1. The van der Waals surface area contributed by atoms with Gasteiger partial charge in [0.15, 0.2) is 10.9 Å². The normalized spacial score (nSPS) is 10.9. The zero-order valence-corrected chi connectivity index (χ0v) is 21.1. The summed E-state index contributed by atoms with van der Waals surface area (Å²) in [5.41, 5.74) is 7.32. The van der Waals surface area contributed by atoms with E-state index in [4.69, 9.17) is 21.6 Å². The maximum atomic E-state index is 12.6. The first kappa shape index (κ1) is 23.0. The lowest BCUT2D eigenvalue weighted by Gasteiger charge is -2.09. The highest BCUT2D eigenvalue weighted by Crippen LogP contribution is 2.31. The molecule has 0 saturated heterocycles. The Morgan fingerprint density at radius 3 is 2.43 bits per heavy atom. The molecule has 0 spiro atoms. The molecule has 0 unspecified atom stereocenters. The van der Waals surface area contributed by atoms with E-state index in [1.165, 1.54) is 21.4 Å². The van der Waals surface area contributed by atoms with E-state index in [1.807, 2.05) is 55.5 Å². The van der Waals surface area contributed by atoms with Crippen molar-refractivity contribution >= 4 is 50.5 Å². The maximum Gasteiger partial charge on any atom is 0.293 e. The summed E-state index contributed by atoms with van der Waals surface area (Å²) in [6.07, 6.45) is 0. The summed E-state index contributed by atoms with van der Waals surface area (Å²) in [4.78, 5) is 17.3. The van der Waals surface area contributed by atoms with Crippen molar-refractivity contribution in [1.82, 2.24) is 10.3 Å². The van der Waals surface area contributed by atoms with Gasteiger partial charge in [0.2, 0.25) is 0 Å². The van der Waals surface area contributed by atoms with E-state index in [-0.39, 0.29) is 10.9 Å². The summed E-state index contributed by atoms with van der Waals surface area (Å²) >= 11 is 7.00. The number of anilines is 1. The molecule has 0 aliphatic heterocycles. The van der Waals surface area contributed by atoms with E-state index >= 15 is 0 Å². The summed E-state index contributed by atoms with van der Waals surface area (Å²) < 4.78 is 6.94. The largest absolute Gasteiger partial charge is 0.451 e. The Labute approximate surface area is 212 Å². The molecule has 5 nitrogen and oxygen atoms in total. The van der Waals surface area contributed by atoms with Gasteiger partial charge in [0, 0.05) is 16.8 Å². The van der Waals surface area contributed by atoms with Gasteiger partial charge >= 0.3 is 0 Å². The highest BCUT2D eigenvalue weighted by molar-refractivity contribution is 7.80. The van der Waals surface area contributed by atoms with E-state index in [1.54, 1.807) is 23.5 Å². The van der Waals surface area contributed by atoms with E-state index in [9.17, 15) is 4.79 Å². The van der Waals surface area contributed by atoms with Gasteiger partial charge < -0.3 is 9.73 Å². The molecule has 0 aliphatic carbocycles. The summed E-state index contributed by atoms with van der Waals surface area (Å²) in [5.74, 6) is 0.431. The van der Waals surface area contributed by atoms with Crippen molar-refractivity contribution in [2.75, 3.05) is 5.32 Å². The van der Waals surface area contributed by atoms with Crippen LogP contribution in [0.2, 0.25) is 0 Å². The fourth-order valence-corrected chi connectivity index (χ4v) is 4.97. The molecule has 2 heterocycles. The van der Waals surface area contributed by atoms with Gasteiger partial charge in [-0.2, -0.15) is 0 Å². The Kier molecular flexibility index (Phi) is 6.19. The first-order chi connectivity index (χ1) is 16.9. The molecule has 5 rings (SSSR count). The molecule has 0 aliphatic rings. The van der Waals surface area contributed by atoms with Crippen LogP contribution in [0.4, 0.5) is 5.69 Å².